The van der Waals surface area contributed by atoms with Crippen molar-refractivity contribution in [2.45, 2.75) is 32.4 Å². The Labute approximate surface area is 234 Å². The Morgan fingerprint density at radius 3 is 2.59 bits per heavy atom. The van der Waals surface area contributed by atoms with Crippen molar-refractivity contribution in [2.24, 2.45) is 0 Å². The van der Waals surface area contributed by atoms with E-state index in [4.69, 9.17) is 32.7 Å². The monoisotopic (exact) mass is 568 g/mol. The van der Waals surface area contributed by atoms with E-state index < -0.39 is 17.7 Å². The largest absolute Gasteiger partial charge is 0.486 e. The molecular formula is C27H26Cl2N6O4. The minimum absolute atomic E-state index is 0.128. The highest BCUT2D eigenvalue weighted by atomic mass is 35.5. The predicted octanol–water partition coefficient (Wildman–Crippen LogP) is 5.79. The average molecular weight is 569 g/mol. The highest BCUT2D eigenvalue weighted by Crippen LogP contribution is 2.39. The summed E-state index contributed by atoms with van der Waals surface area (Å²) < 4.78 is 11.4. The number of hydrogen-bond donors (Lipinski definition) is 4. The Morgan fingerprint density at radius 1 is 1.10 bits per heavy atom. The van der Waals surface area contributed by atoms with Crippen LogP contribution in [0.3, 0.4) is 0 Å². The topological polar surface area (TPSA) is 131 Å². The van der Waals surface area contributed by atoms with Gasteiger partial charge in [-0.05, 0) is 51.1 Å². The van der Waals surface area contributed by atoms with Crippen molar-refractivity contribution in [1.29, 1.82) is 0 Å². The predicted molar refractivity (Wildman–Crippen MR) is 151 cm³/mol. The van der Waals surface area contributed by atoms with E-state index in [9.17, 15) is 9.90 Å². The molecule has 10 nitrogen and oxygen atoms in total. The van der Waals surface area contributed by atoms with E-state index in [1.54, 1.807) is 48.7 Å². The number of benzene rings is 2. The quantitative estimate of drug-likeness (QED) is 0.238. The van der Waals surface area contributed by atoms with Crippen molar-refractivity contribution < 1.29 is 19.4 Å². The maximum atomic E-state index is 12.8. The zero-order valence-electron chi connectivity index (χ0n) is 21.4. The van der Waals surface area contributed by atoms with Crippen LogP contribution in [-0.4, -0.2) is 50.9 Å². The molecule has 1 aliphatic rings. The molecule has 202 valence electrons. The third kappa shape index (κ3) is 6.08. The van der Waals surface area contributed by atoms with Crippen LogP contribution in [0.15, 0.2) is 48.7 Å². The molecule has 0 aliphatic carbocycles. The zero-order chi connectivity index (χ0) is 27.7. The SMILES string of the molecule is CC(C)(C)NC(=O)Nc1nc2nc(Nc3ccc4c(c3)OCC(CO)O4)ncc2cc1-c1c(Cl)cccc1Cl. The minimum Gasteiger partial charge on any atom is -0.486 e. The lowest BCUT2D eigenvalue weighted by atomic mass is 10.0. The summed E-state index contributed by atoms with van der Waals surface area (Å²) in [6.45, 7) is 5.75. The Hall–Kier alpha value is -3.86. The molecule has 1 atom stereocenters. The van der Waals surface area contributed by atoms with E-state index in [0.29, 0.717) is 49.4 Å². The second-order valence-electron chi connectivity index (χ2n) is 9.94. The number of amides is 2. The van der Waals surface area contributed by atoms with E-state index >= 15 is 0 Å². The fourth-order valence-electron chi connectivity index (χ4n) is 3.96. The summed E-state index contributed by atoms with van der Waals surface area (Å²) in [6.07, 6.45) is 1.22. The lowest BCUT2D eigenvalue weighted by Gasteiger charge is -2.25. The van der Waals surface area contributed by atoms with Crippen molar-refractivity contribution in [3.63, 3.8) is 0 Å². The Kier molecular flexibility index (Phi) is 7.35. The zero-order valence-corrected chi connectivity index (χ0v) is 22.9. The number of hydrogen-bond acceptors (Lipinski definition) is 8. The lowest BCUT2D eigenvalue weighted by Crippen LogP contribution is -2.43. The van der Waals surface area contributed by atoms with Crippen LogP contribution in [0.2, 0.25) is 10.0 Å². The molecule has 0 bridgehead atoms. The average Bonchev–Trinajstić information content (AvgIpc) is 2.87. The molecule has 5 rings (SSSR count). The number of halogens is 2. The number of ether oxygens (including phenoxy) is 2. The molecule has 1 aliphatic heterocycles. The Morgan fingerprint density at radius 2 is 1.87 bits per heavy atom. The van der Waals surface area contributed by atoms with E-state index in [1.807, 2.05) is 20.8 Å². The van der Waals surface area contributed by atoms with Gasteiger partial charge in [0, 0.05) is 40.0 Å². The number of carbonyl (C=O) groups is 1. The summed E-state index contributed by atoms with van der Waals surface area (Å²) in [5, 5.41) is 19.5. The first-order valence-electron chi connectivity index (χ1n) is 12.1. The number of fused-ring (bicyclic) bond motifs is 2. The number of aliphatic hydroxyl groups is 1. The summed E-state index contributed by atoms with van der Waals surface area (Å²) >= 11 is 13.0. The van der Waals surface area contributed by atoms with E-state index in [1.165, 1.54) is 0 Å². The van der Waals surface area contributed by atoms with Crippen molar-refractivity contribution >= 4 is 57.7 Å². The van der Waals surface area contributed by atoms with Crippen LogP contribution in [0, 0.1) is 0 Å². The van der Waals surface area contributed by atoms with Gasteiger partial charge in [0.15, 0.2) is 23.3 Å². The van der Waals surface area contributed by atoms with Gasteiger partial charge in [-0.1, -0.05) is 29.3 Å². The first-order chi connectivity index (χ1) is 18.6. The fraction of sp³-hybridized carbons (Fsp3) is 0.259. The molecule has 0 saturated heterocycles. The molecule has 2 aromatic carbocycles. The van der Waals surface area contributed by atoms with E-state index in [2.05, 4.69) is 30.9 Å². The minimum atomic E-state index is -0.467. The summed E-state index contributed by atoms with van der Waals surface area (Å²) in [5.74, 6) is 1.61. The number of aromatic nitrogens is 3. The van der Waals surface area contributed by atoms with Gasteiger partial charge in [-0.15, -0.1) is 0 Å². The lowest BCUT2D eigenvalue weighted by molar-refractivity contribution is 0.0457. The molecule has 0 fully saturated rings. The molecule has 39 heavy (non-hydrogen) atoms. The Balaban J connectivity index is 1.50. The molecule has 2 aromatic heterocycles. The van der Waals surface area contributed by atoms with Gasteiger partial charge in [0.1, 0.15) is 12.4 Å². The maximum absolute atomic E-state index is 12.8. The molecule has 2 amide bonds. The van der Waals surface area contributed by atoms with Gasteiger partial charge in [-0.25, -0.2) is 14.8 Å². The van der Waals surface area contributed by atoms with Gasteiger partial charge in [-0.3, -0.25) is 5.32 Å². The van der Waals surface area contributed by atoms with Gasteiger partial charge in [0.05, 0.1) is 16.7 Å². The van der Waals surface area contributed by atoms with Crippen LogP contribution in [0.4, 0.5) is 22.2 Å². The normalized spacial score (nSPS) is 14.7. The van der Waals surface area contributed by atoms with Crippen LogP contribution in [-0.2, 0) is 0 Å². The highest BCUT2D eigenvalue weighted by molar-refractivity contribution is 6.39. The summed E-state index contributed by atoms with van der Waals surface area (Å²) in [4.78, 5) is 26.4. The van der Waals surface area contributed by atoms with Crippen molar-refractivity contribution in [3.8, 4) is 22.6 Å². The molecular weight excluding hydrogens is 543 g/mol. The maximum Gasteiger partial charge on any atom is 0.320 e. The highest BCUT2D eigenvalue weighted by Gasteiger charge is 2.22. The number of urea groups is 1. The van der Waals surface area contributed by atoms with Gasteiger partial charge in [0.2, 0.25) is 5.95 Å². The second-order valence-corrected chi connectivity index (χ2v) is 10.8. The number of pyridine rings is 1. The number of rotatable bonds is 5. The van der Waals surface area contributed by atoms with Crippen LogP contribution in [0.5, 0.6) is 11.5 Å². The number of aliphatic hydroxyl groups excluding tert-OH is 1. The van der Waals surface area contributed by atoms with Crippen LogP contribution in [0.1, 0.15) is 20.8 Å². The molecule has 4 aromatic rings. The first-order valence-corrected chi connectivity index (χ1v) is 12.9. The third-order valence-corrected chi connectivity index (χ3v) is 6.27. The van der Waals surface area contributed by atoms with Gasteiger partial charge >= 0.3 is 6.03 Å². The summed E-state index contributed by atoms with van der Waals surface area (Å²) in [5.41, 5.74) is 1.60. The molecule has 0 saturated carbocycles. The van der Waals surface area contributed by atoms with Crippen molar-refractivity contribution in [3.05, 3.63) is 58.7 Å². The molecule has 3 heterocycles. The fourth-order valence-corrected chi connectivity index (χ4v) is 4.56. The second kappa shape index (κ2) is 10.7. The summed E-state index contributed by atoms with van der Waals surface area (Å²) in [6, 6.07) is 11.8. The molecule has 12 heteroatoms. The van der Waals surface area contributed by atoms with Gasteiger partial charge in [0.25, 0.3) is 0 Å². The van der Waals surface area contributed by atoms with Gasteiger partial charge < -0.3 is 25.2 Å². The number of anilines is 3. The van der Waals surface area contributed by atoms with Crippen LogP contribution >= 0.6 is 23.2 Å². The number of nitrogens with zero attached hydrogens (tertiary/aromatic N) is 3. The molecule has 0 radical (unpaired) electrons. The Bertz CT molecular complexity index is 1540. The van der Waals surface area contributed by atoms with Crippen LogP contribution < -0.4 is 25.4 Å². The summed E-state index contributed by atoms with van der Waals surface area (Å²) in [7, 11) is 0. The van der Waals surface area contributed by atoms with Crippen LogP contribution in [0.25, 0.3) is 22.2 Å². The van der Waals surface area contributed by atoms with E-state index in [0.717, 1.165) is 0 Å². The third-order valence-electron chi connectivity index (χ3n) is 5.64. The molecule has 1 unspecified atom stereocenters. The first kappa shape index (κ1) is 26.7. The van der Waals surface area contributed by atoms with Crippen molar-refractivity contribution in [2.75, 3.05) is 23.8 Å². The standard InChI is InChI=1S/C27H26Cl2N6O4/c1-27(2,3)35-26(37)34-24-17(22-18(28)5-4-6-19(22)29)9-14-11-30-25(33-23(14)32-24)31-15-7-8-20-21(10-15)38-13-16(12-36)39-20/h4-11,16,36H,12-13H2,1-3H3,(H3,30,31,32,33,34,35,37). The van der Waals surface area contributed by atoms with Crippen molar-refractivity contribution in [1.82, 2.24) is 20.3 Å². The van der Waals surface area contributed by atoms with E-state index in [-0.39, 0.29) is 25.0 Å². The molecule has 0 spiro atoms. The smallest absolute Gasteiger partial charge is 0.320 e. The molecule has 4 N–H and O–H groups in total. The number of nitrogens with one attached hydrogen (secondary N) is 3. The van der Waals surface area contributed by atoms with Gasteiger partial charge in [-0.2, -0.15) is 4.98 Å². The number of carbonyl (C=O) groups excluding carboxylic acids is 1.